The van der Waals surface area contributed by atoms with Crippen molar-refractivity contribution in [2.24, 2.45) is 7.05 Å². The lowest BCUT2D eigenvalue weighted by Gasteiger charge is -2.15. The van der Waals surface area contributed by atoms with Crippen LogP contribution in [0.1, 0.15) is 10.4 Å². The highest BCUT2D eigenvalue weighted by Gasteiger charge is 2.22. The van der Waals surface area contributed by atoms with Crippen molar-refractivity contribution in [3.63, 3.8) is 0 Å². The molecule has 0 saturated heterocycles. The molecule has 3 rings (SSSR count). The van der Waals surface area contributed by atoms with Gasteiger partial charge in [0.15, 0.2) is 5.82 Å². The first kappa shape index (κ1) is 18.9. The Balaban J connectivity index is 2.10. The predicted octanol–water partition coefficient (Wildman–Crippen LogP) is 2.22. The molecule has 27 heavy (non-hydrogen) atoms. The first-order valence-corrected chi connectivity index (χ1v) is 8.50. The zero-order valence-corrected chi connectivity index (χ0v) is 15.6. The molecule has 1 heterocycles. The number of imidazole rings is 1. The second kappa shape index (κ2) is 7.81. The van der Waals surface area contributed by atoms with Crippen LogP contribution in [0.4, 0.5) is 15.8 Å². The smallest absolute Gasteiger partial charge is 0.277 e. The molecular formula is C18H17BClFN4O2. The van der Waals surface area contributed by atoms with Crippen LogP contribution in [0.5, 0.6) is 0 Å². The van der Waals surface area contributed by atoms with E-state index in [1.165, 1.54) is 12.4 Å². The lowest BCUT2D eigenvalue weighted by molar-refractivity contribution is 0.0422. The number of carbonyl (C=O) groups excluding carboxylic acids is 1. The molecule has 0 spiro atoms. The fraction of sp³-hybridized carbons (Fsp3) is 0.111. The number of aromatic nitrogens is 2. The van der Waals surface area contributed by atoms with Crippen molar-refractivity contribution in [2.45, 2.75) is 0 Å². The van der Waals surface area contributed by atoms with E-state index >= 15 is 4.39 Å². The topological polar surface area (TPSA) is 68.2 Å². The second-order valence-electron chi connectivity index (χ2n) is 5.98. The number of hydrogen-bond acceptors (Lipinski definition) is 4. The van der Waals surface area contributed by atoms with Gasteiger partial charge >= 0.3 is 0 Å². The molecule has 1 aromatic heterocycles. The zero-order valence-electron chi connectivity index (χ0n) is 14.8. The van der Waals surface area contributed by atoms with Crippen LogP contribution in [0.25, 0.3) is 11.0 Å². The van der Waals surface area contributed by atoms with E-state index in [1.807, 2.05) is 13.9 Å². The molecule has 0 radical (unpaired) electrons. The van der Waals surface area contributed by atoms with E-state index in [9.17, 15) is 4.79 Å². The Bertz CT molecular complexity index is 1040. The number of benzene rings is 2. The van der Waals surface area contributed by atoms with Gasteiger partial charge in [-0.25, -0.2) is 14.9 Å². The van der Waals surface area contributed by atoms with Crippen molar-refractivity contribution in [1.29, 1.82) is 0 Å². The number of hydroxylamine groups is 1. The molecule has 6 nitrogen and oxygen atoms in total. The van der Waals surface area contributed by atoms with Gasteiger partial charge < -0.3 is 9.88 Å². The fourth-order valence-electron chi connectivity index (χ4n) is 2.60. The Hall–Kier alpha value is -2.84. The van der Waals surface area contributed by atoms with Gasteiger partial charge in [-0.3, -0.25) is 9.63 Å². The SMILES string of the molecule is Bc1ccc(Nc2c(C(=O)NOCC=C)cc3c(ncn3C)c2F)c(Cl)c1. The van der Waals surface area contributed by atoms with Crippen LogP contribution in [-0.4, -0.2) is 29.9 Å². The average Bonchev–Trinajstić information content (AvgIpc) is 3.00. The molecule has 0 saturated carbocycles. The summed E-state index contributed by atoms with van der Waals surface area (Å²) in [5.41, 5.74) is 4.35. The average molecular weight is 387 g/mol. The lowest BCUT2D eigenvalue weighted by atomic mass is 9.96. The molecule has 0 fully saturated rings. The highest BCUT2D eigenvalue weighted by molar-refractivity contribution is 6.37. The number of aryl methyl sites for hydroxylation is 1. The molecule has 0 aliphatic heterocycles. The van der Waals surface area contributed by atoms with Crippen LogP contribution >= 0.6 is 11.6 Å². The Morgan fingerprint density at radius 3 is 2.96 bits per heavy atom. The summed E-state index contributed by atoms with van der Waals surface area (Å²) in [5, 5.41) is 3.32. The normalized spacial score (nSPS) is 10.8. The lowest BCUT2D eigenvalue weighted by Crippen LogP contribution is -2.25. The summed E-state index contributed by atoms with van der Waals surface area (Å²) in [6.07, 6.45) is 2.96. The molecule has 0 aliphatic carbocycles. The van der Waals surface area contributed by atoms with E-state index in [0.717, 1.165) is 5.46 Å². The molecule has 0 aliphatic rings. The van der Waals surface area contributed by atoms with Gasteiger partial charge in [0.2, 0.25) is 0 Å². The van der Waals surface area contributed by atoms with Crippen molar-refractivity contribution < 1.29 is 14.0 Å². The quantitative estimate of drug-likeness (QED) is 0.295. The maximum atomic E-state index is 15.2. The minimum atomic E-state index is -0.654. The van der Waals surface area contributed by atoms with E-state index < -0.39 is 11.7 Å². The molecule has 9 heteroatoms. The third kappa shape index (κ3) is 3.81. The van der Waals surface area contributed by atoms with Crippen LogP contribution in [0.3, 0.4) is 0 Å². The standard InChI is InChI=1S/C18H17BClFN4O2/c1-3-6-27-24-18(26)11-8-14-17(22-9-25(14)2)15(21)16(11)23-13-5-4-10(19)7-12(13)20/h3-5,7-9,23H,1,6,19H2,2H3,(H,24,26). The van der Waals surface area contributed by atoms with E-state index in [0.29, 0.717) is 16.2 Å². The number of anilines is 2. The summed E-state index contributed by atoms with van der Waals surface area (Å²) in [6, 6.07) is 6.84. The van der Waals surface area contributed by atoms with Crippen LogP contribution in [0.15, 0.2) is 43.2 Å². The van der Waals surface area contributed by atoms with Crippen molar-refractivity contribution in [1.82, 2.24) is 15.0 Å². The van der Waals surface area contributed by atoms with E-state index in [4.69, 9.17) is 16.4 Å². The van der Waals surface area contributed by atoms with Crippen LogP contribution < -0.4 is 16.3 Å². The maximum Gasteiger partial charge on any atom is 0.277 e. The monoisotopic (exact) mass is 386 g/mol. The largest absolute Gasteiger partial charge is 0.351 e. The zero-order chi connectivity index (χ0) is 19.6. The Kier molecular flexibility index (Phi) is 5.48. The number of carbonyl (C=O) groups is 1. The van der Waals surface area contributed by atoms with Crippen LogP contribution in [0, 0.1) is 5.82 Å². The molecule has 2 N–H and O–H groups in total. The first-order chi connectivity index (χ1) is 12.9. The second-order valence-corrected chi connectivity index (χ2v) is 6.38. The third-order valence-electron chi connectivity index (χ3n) is 3.96. The van der Waals surface area contributed by atoms with Gasteiger partial charge in [0.1, 0.15) is 13.4 Å². The highest BCUT2D eigenvalue weighted by atomic mass is 35.5. The summed E-state index contributed by atoms with van der Waals surface area (Å²) in [6.45, 7) is 3.62. The summed E-state index contributed by atoms with van der Waals surface area (Å²) in [4.78, 5) is 21.6. The predicted molar refractivity (Wildman–Crippen MR) is 107 cm³/mol. The Morgan fingerprint density at radius 1 is 1.48 bits per heavy atom. The number of fused-ring (bicyclic) bond motifs is 1. The molecule has 0 bridgehead atoms. The van der Waals surface area contributed by atoms with Gasteiger partial charge in [0.25, 0.3) is 5.91 Å². The van der Waals surface area contributed by atoms with E-state index in [1.54, 1.807) is 29.8 Å². The van der Waals surface area contributed by atoms with Gasteiger partial charge in [-0.05, 0) is 18.2 Å². The van der Waals surface area contributed by atoms with Gasteiger partial charge in [-0.15, -0.1) is 6.58 Å². The molecule has 0 atom stereocenters. The minimum absolute atomic E-state index is 0.0355. The van der Waals surface area contributed by atoms with Crippen molar-refractivity contribution in [3.05, 3.63) is 59.7 Å². The Labute approximate surface area is 161 Å². The van der Waals surface area contributed by atoms with Crippen LogP contribution in [-0.2, 0) is 11.9 Å². The molecule has 138 valence electrons. The van der Waals surface area contributed by atoms with Gasteiger partial charge in [-0.2, -0.15) is 0 Å². The fourth-order valence-corrected chi connectivity index (χ4v) is 2.89. The highest BCUT2D eigenvalue weighted by Crippen LogP contribution is 2.32. The van der Waals surface area contributed by atoms with E-state index in [2.05, 4.69) is 22.4 Å². The summed E-state index contributed by atoms with van der Waals surface area (Å²) >= 11 is 6.25. The molecule has 3 aromatic rings. The minimum Gasteiger partial charge on any atom is -0.351 e. The number of rotatable bonds is 6. The number of nitrogens with one attached hydrogen (secondary N) is 2. The summed E-state index contributed by atoms with van der Waals surface area (Å²) in [7, 11) is 3.61. The number of halogens is 2. The maximum absolute atomic E-state index is 15.2. The third-order valence-corrected chi connectivity index (χ3v) is 4.27. The molecule has 1 amide bonds. The van der Waals surface area contributed by atoms with Gasteiger partial charge in [0, 0.05) is 7.05 Å². The summed E-state index contributed by atoms with van der Waals surface area (Å²) in [5.74, 6) is -1.26. The molecule has 2 aromatic carbocycles. The van der Waals surface area contributed by atoms with Gasteiger partial charge in [0.05, 0.1) is 40.4 Å². The van der Waals surface area contributed by atoms with Crippen molar-refractivity contribution in [2.75, 3.05) is 11.9 Å². The van der Waals surface area contributed by atoms with Crippen molar-refractivity contribution >= 4 is 53.2 Å². The first-order valence-electron chi connectivity index (χ1n) is 8.12. The van der Waals surface area contributed by atoms with Gasteiger partial charge in [-0.1, -0.05) is 29.2 Å². The molecule has 0 unspecified atom stereocenters. The number of amides is 1. The van der Waals surface area contributed by atoms with E-state index in [-0.39, 0.29) is 23.4 Å². The molecular weight excluding hydrogens is 369 g/mol. The summed E-state index contributed by atoms with van der Waals surface area (Å²) < 4.78 is 16.8. The van der Waals surface area contributed by atoms with Crippen LogP contribution in [0.2, 0.25) is 5.02 Å². The Morgan fingerprint density at radius 2 is 2.26 bits per heavy atom. The number of hydrogen-bond donors (Lipinski definition) is 2. The number of nitrogens with zero attached hydrogens (tertiary/aromatic N) is 2. The van der Waals surface area contributed by atoms with Crippen molar-refractivity contribution in [3.8, 4) is 0 Å².